The Morgan fingerprint density at radius 2 is 1.87 bits per heavy atom. The fraction of sp³-hybridized carbons (Fsp3) is 0.500. The molecule has 2 rings (SSSR count). The molecule has 0 spiro atoms. The monoisotopic (exact) mass is 202 g/mol. The van der Waals surface area contributed by atoms with Crippen molar-refractivity contribution < 1.29 is 4.79 Å². The van der Waals surface area contributed by atoms with Gasteiger partial charge in [-0.05, 0) is 17.9 Å². The van der Waals surface area contributed by atoms with E-state index in [9.17, 15) is 4.79 Å². The van der Waals surface area contributed by atoms with Gasteiger partial charge >= 0.3 is 0 Å². The van der Waals surface area contributed by atoms with Crippen molar-refractivity contribution in [2.24, 2.45) is 5.92 Å². The summed E-state index contributed by atoms with van der Waals surface area (Å²) in [6, 6.07) is 10.2. The van der Waals surface area contributed by atoms with Crippen LogP contribution in [0.1, 0.15) is 44.1 Å². The Balaban J connectivity index is 2.18. The molecule has 1 aliphatic rings. The van der Waals surface area contributed by atoms with E-state index in [-0.39, 0.29) is 5.92 Å². The lowest BCUT2D eigenvalue weighted by Gasteiger charge is -2.13. The van der Waals surface area contributed by atoms with E-state index in [4.69, 9.17) is 0 Å². The van der Waals surface area contributed by atoms with Crippen molar-refractivity contribution >= 4 is 5.78 Å². The maximum atomic E-state index is 12.0. The van der Waals surface area contributed by atoms with Gasteiger partial charge in [-0.15, -0.1) is 0 Å². The van der Waals surface area contributed by atoms with Gasteiger partial charge < -0.3 is 0 Å². The van der Waals surface area contributed by atoms with Gasteiger partial charge in [-0.3, -0.25) is 4.79 Å². The molecular weight excluding hydrogens is 184 g/mol. The number of carbonyl (C=O) groups excluding carboxylic acids is 1. The van der Waals surface area contributed by atoms with Crippen molar-refractivity contribution in [2.45, 2.75) is 38.5 Å². The van der Waals surface area contributed by atoms with Crippen LogP contribution < -0.4 is 0 Å². The summed E-state index contributed by atoms with van der Waals surface area (Å²) in [6.45, 7) is 2.19. The lowest BCUT2D eigenvalue weighted by atomic mass is 9.90. The average Bonchev–Trinajstić information content (AvgIpc) is 2.40. The number of ketones is 1. The van der Waals surface area contributed by atoms with Gasteiger partial charge in [-0.1, -0.05) is 50.1 Å². The summed E-state index contributed by atoms with van der Waals surface area (Å²) in [6.07, 6.45) is 4.19. The van der Waals surface area contributed by atoms with Crippen molar-refractivity contribution in [3.63, 3.8) is 0 Å². The van der Waals surface area contributed by atoms with Gasteiger partial charge in [-0.25, -0.2) is 0 Å². The molecule has 80 valence electrons. The van der Waals surface area contributed by atoms with E-state index in [1.54, 1.807) is 0 Å². The van der Waals surface area contributed by atoms with Crippen LogP contribution >= 0.6 is 0 Å². The zero-order valence-electron chi connectivity index (χ0n) is 9.28. The average molecular weight is 202 g/mol. The molecule has 0 heterocycles. The molecule has 1 aliphatic carbocycles. The summed E-state index contributed by atoms with van der Waals surface area (Å²) in [5.41, 5.74) is 1.21. The molecule has 2 unspecified atom stereocenters. The van der Waals surface area contributed by atoms with Crippen LogP contribution in [0.25, 0.3) is 0 Å². The lowest BCUT2D eigenvalue weighted by Crippen LogP contribution is -2.12. The van der Waals surface area contributed by atoms with Gasteiger partial charge in [0.05, 0.1) is 0 Å². The van der Waals surface area contributed by atoms with Crippen molar-refractivity contribution in [1.29, 1.82) is 0 Å². The molecule has 1 nitrogen and oxygen atoms in total. The summed E-state index contributed by atoms with van der Waals surface area (Å²) in [7, 11) is 0. The van der Waals surface area contributed by atoms with Crippen LogP contribution in [0.2, 0.25) is 0 Å². The van der Waals surface area contributed by atoms with E-state index in [2.05, 4.69) is 19.1 Å². The predicted molar refractivity (Wildman–Crippen MR) is 61.8 cm³/mol. The highest BCUT2D eigenvalue weighted by molar-refractivity contribution is 5.86. The zero-order chi connectivity index (χ0) is 10.7. The topological polar surface area (TPSA) is 17.1 Å². The fourth-order valence-corrected chi connectivity index (χ4v) is 2.46. The Bertz CT molecular complexity index is 328. The summed E-state index contributed by atoms with van der Waals surface area (Å²) in [4.78, 5) is 12.0. The second kappa shape index (κ2) is 4.61. The standard InChI is InChI=1S/C14H18O/c1-11-6-5-9-13(14(15)10-11)12-7-3-2-4-8-12/h2-4,7-8,11,13H,5-6,9-10H2,1H3. The zero-order valence-corrected chi connectivity index (χ0v) is 9.28. The highest BCUT2D eigenvalue weighted by Gasteiger charge is 2.24. The Morgan fingerprint density at radius 1 is 1.13 bits per heavy atom. The minimum Gasteiger partial charge on any atom is -0.299 e. The fourth-order valence-electron chi connectivity index (χ4n) is 2.46. The molecule has 0 radical (unpaired) electrons. The lowest BCUT2D eigenvalue weighted by molar-refractivity contribution is -0.120. The van der Waals surface area contributed by atoms with Crippen molar-refractivity contribution in [3.05, 3.63) is 35.9 Å². The smallest absolute Gasteiger partial charge is 0.140 e. The molecular formula is C14H18O. The molecule has 1 fully saturated rings. The van der Waals surface area contributed by atoms with Crippen molar-refractivity contribution in [2.75, 3.05) is 0 Å². The van der Waals surface area contributed by atoms with Crippen LogP contribution in [0.5, 0.6) is 0 Å². The molecule has 15 heavy (non-hydrogen) atoms. The van der Waals surface area contributed by atoms with E-state index in [0.717, 1.165) is 12.8 Å². The predicted octanol–water partition coefficient (Wildman–Crippen LogP) is 3.55. The Labute approximate surface area is 91.5 Å². The third kappa shape index (κ3) is 2.47. The SMILES string of the molecule is CC1CCCC(c2ccccc2)C(=O)C1. The number of rotatable bonds is 1. The van der Waals surface area contributed by atoms with Gasteiger partial charge in [0.25, 0.3) is 0 Å². The first-order valence-corrected chi connectivity index (χ1v) is 5.85. The van der Waals surface area contributed by atoms with Gasteiger partial charge in [0, 0.05) is 12.3 Å². The normalized spacial score (nSPS) is 27.4. The molecule has 0 N–H and O–H groups in total. The second-order valence-corrected chi connectivity index (χ2v) is 4.67. The number of carbonyl (C=O) groups is 1. The van der Waals surface area contributed by atoms with Crippen LogP contribution in [0, 0.1) is 5.92 Å². The third-order valence-corrected chi connectivity index (χ3v) is 3.33. The van der Waals surface area contributed by atoms with Crippen LogP contribution in [0.4, 0.5) is 0 Å². The largest absolute Gasteiger partial charge is 0.299 e. The second-order valence-electron chi connectivity index (χ2n) is 4.67. The van der Waals surface area contributed by atoms with E-state index in [1.165, 1.54) is 18.4 Å². The quantitative estimate of drug-likeness (QED) is 0.636. The third-order valence-electron chi connectivity index (χ3n) is 3.33. The molecule has 0 aromatic heterocycles. The van der Waals surface area contributed by atoms with E-state index >= 15 is 0 Å². The first-order valence-electron chi connectivity index (χ1n) is 5.85. The molecule has 1 heteroatoms. The minimum atomic E-state index is 0.163. The Morgan fingerprint density at radius 3 is 2.60 bits per heavy atom. The van der Waals surface area contributed by atoms with Gasteiger partial charge in [-0.2, -0.15) is 0 Å². The van der Waals surface area contributed by atoms with Crippen molar-refractivity contribution in [1.82, 2.24) is 0 Å². The molecule has 2 atom stereocenters. The first kappa shape index (κ1) is 10.4. The van der Waals surface area contributed by atoms with Crippen LogP contribution in [-0.4, -0.2) is 5.78 Å². The molecule has 0 amide bonds. The number of Topliss-reactive ketones (excluding diaryl/α,β-unsaturated/α-hetero) is 1. The molecule has 0 saturated heterocycles. The van der Waals surface area contributed by atoms with Crippen LogP contribution in [-0.2, 0) is 4.79 Å². The number of hydrogen-bond donors (Lipinski definition) is 0. The maximum absolute atomic E-state index is 12.0. The summed E-state index contributed by atoms with van der Waals surface area (Å²) < 4.78 is 0. The highest BCUT2D eigenvalue weighted by Crippen LogP contribution is 2.31. The van der Waals surface area contributed by atoms with Gasteiger partial charge in [0.15, 0.2) is 0 Å². The van der Waals surface area contributed by atoms with Gasteiger partial charge in [0.1, 0.15) is 5.78 Å². The van der Waals surface area contributed by atoms with E-state index in [0.29, 0.717) is 11.7 Å². The summed E-state index contributed by atoms with van der Waals surface area (Å²) in [5.74, 6) is 1.17. The summed E-state index contributed by atoms with van der Waals surface area (Å²) in [5, 5.41) is 0. The Hall–Kier alpha value is -1.11. The maximum Gasteiger partial charge on any atom is 0.140 e. The molecule has 1 aromatic rings. The molecule has 0 aliphatic heterocycles. The minimum absolute atomic E-state index is 0.163. The number of benzene rings is 1. The van der Waals surface area contributed by atoms with Crippen molar-refractivity contribution in [3.8, 4) is 0 Å². The highest BCUT2D eigenvalue weighted by atomic mass is 16.1. The number of hydrogen-bond acceptors (Lipinski definition) is 1. The van der Waals surface area contributed by atoms with Crippen LogP contribution in [0.15, 0.2) is 30.3 Å². The van der Waals surface area contributed by atoms with Gasteiger partial charge in [0.2, 0.25) is 0 Å². The first-order chi connectivity index (χ1) is 7.27. The molecule has 0 bridgehead atoms. The van der Waals surface area contributed by atoms with E-state index in [1.807, 2.05) is 18.2 Å². The Kier molecular flexibility index (Phi) is 3.20. The molecule has 1 aromatic carbocycles. The van der Waals surface area contributed by atoms with E-state index < -0.39 is 0 Å². The summed E-state index contributed by atoms with van der Waals surface area (Å²) >= 11 is 0. The van der Waals surface area contributed by atoms with Crippen LogP contribution in [0.3, 0.4) is 0 Å². The molecule has 1 saturated carbocycles.